The van der Waals surface area contributed by atoms with Crippen LogP contribution in [0.2, 0.25) is 0 Å². The summed E-state index contributed by atoms with van der Waals surface area (Å²) in [5.74, 6) is 0. The smallest absolute Gasteiger partial charge is 0.0975 e. The van der Waals surface area contributed by atoms with Crippen LogP contribution in [-0.4, -0.2) is 20.3 Å². The standard InChI is InChI=1S/C8H12N2O/c1-3-8(2,11)6-10-5-4-9-7-10/h3-5,7,11H,1,6H2,2H3. The van der Waals surface area contributed by atoms with Crippen LogP contribution >= 0.6 is 0 Å². The molecule has 0 fully saturated rings. The lowest BCUT2D eigenvalue weighted by Crippen LogP contribution is -2.26. The molecule has 60 valence electrons. The van der Waals surface area contributed by atoms with Gasteiger partial charge in [0.1, 0.15) is 0 Å². The number of imidazole rings is 1. The van der Waals surface area contributed by atoms with Gasteiger partial charge in [0, 0.05) is 12.4 Å². The lowest BCUT2D eigenvalue weighted by atomic mass is 10.1. The molecule has 1 rings (SSSR count). The number of aliphatic hydroxyl groups is 1. The van der Waals surface area contributed by atoms with E-state index in [2.05, 4.69) is 11.6 Å². The van der Waals surface area contributed by atoms with E-state index in [0.29, 0.717) is 6.54 Å². The average molecular weight is 152 g/mol. The normalized spacial score (nSPS) is 15.8. The zero-order chi connectivity index (χ0) is 8.32. The number of aromatic nitrogens is 2. The van der Waals surface area contributed by atoms with Crippen LogP contribution in [0.3, 0.4) is 0 Å². The van der Waals surface area contributed by atoms with E-state index in [4.69, 9.17) is 0 Å². The lowest BCUT2D eigenvalue weighted by molar-refractivity contribution is 0.0921. The molecule has 3 heteroatoms. The lowest BCUT2D eigenvalue weighted by Gasteiger charge is -2.18. The second-order valence-corrected chi connectivity index (χ2v) is 2.80. The molecule has 1 aromatic heterocycles. The summed E-state index contributed by atoms with van der Waals surface area (Å²) in [6, 6.07) is 0. The third-order valence-electron chi connectivity index (χ3n) is 1.50. The maximum atomic E-state index is 9.53. The fourth-order valence-electron chi connectivity index (χ4n) is 0.814. The predicted octanol–water partition coefficient (Wildman–Crippen LogP) is 0.820. The maximum absolute atomic E-state index is 9.53. The Morgan fingerprint density at radius 1 is 1.82 bits per heavy atom. The molecule has 1 N–H and O–H groups in total. The van der Waals surface area contributed by atoms with Gasteiger partial charge in [-0.3, -0.25) is 0 Å². The molecular weight excluding hydrogens is 140 g/mol. The molecule has 3 nitrogen and oxygen atoms in total. The highest BCUT2D eigenvalue weighted by Gasteiger charge is 2.14. The van der Waals surface area contributed by atoms with E-state index in [0.717, 1.165) is 0 Å². The Bertz CT molecular complexity index is 226. The van der Waals surface area contributed by atoms with E-state index < -0.39 is 5.60 Å². The van der Waals surface area contributed by atoms with Crippen molar-refractivity contribution >= 4 is 0 Å². The molecule has 0 aromatic carbocycles. The summed E-state index contributed by atoms with van der Waals surface area (Å²) in [4.78, 5) is 3.86. The third-order valence-corrected chi connectivity index (χ3v) is 1.50. The van der Waals surface area contributed by atoms with Crippen LogP contribution in [0, 0.1) is 0 Å². The molecular formula is C8H12N2O. The minimum Gasteiger partial charge on any atom is -0.384 e. The predicted molar refractivity (Wildman–Crippen MR) is 43.0 cm³/mol. The van der Waals surface area contributed by atoms with Crippen LogP contribution in [0.1, 0.15) is 6.92 Å². The molecule has 0 saturated carbocycles. The molecule has 11 heavy (non-hydrogen) atoms. The molecule has 1 heterocycles. The molecule has 0 aliphatic heterocycles. The van der Waals surface area contributed by atoms with Crippen molar-refractivity contribution < 1.29 is 5.11 Å². The van der Waals surface area contributed by atoms with Crippen LogP contribution in [-0.2, 0) is 6.54 Å². The number of hydrogen-bond acceptors (Lipinski definition) is 2. The van der Waals surface area contributed by atoms with Crippen LogP contribution in [0.25, 0.3) is 0 Å². The Hall–Kier alpha value is -1.09. The van der Waals surface area contributed by atoms with Gasteiger partial charge in [-0.2, -0.15) is 0 Å². The second-order valence-electron chi connectivity index (χ2n) is 2.80. The van der Waals surface area contributed by atoms with Crippen molar-refractivity contribution in [2.45, 2.75) is 19.1 Å². The Morgan fingerprint density at radius 2 is 2.55 bits per heavy atom. The molecule has 0 amide bonds. The first kappa shape index (κ1) is 8.01. The van der Waals surface area contributed by atoms with Gasteiger partial charge in [-0.05, 0) is 6.92 Å². The van der Waals surface area contributed by atoms with E-state index in [1.54, 1.807) is 25.6 Å². The summed E-state index contributed by atoms with van der Waals surface area (Å²) in [5, 5.41) is 9.53. The average Bonchev–Trinajstić information content (AvgIpc) is 2.39. The largest absolute Gasteiger partial charge is 0.384 e. The van der Waals surface area contributed by atoms with E-state index in [1.165, 1.54) is 6.08 Å². The molecule has 0 radical (unpaired) electrons. The SMILES string of the molecule is C=CC(C)(O)Cn1ccnc1. The second kappa shape index (κ2) is 2.88. The molecule has 1 unspecified atom stereocenters. The first-order valence-electron chi connectivity index (χ1n) is 3.46. The first-order chi connectivity index (χ1) is 5.14. The number of rotatable bonds is 3. The molecule has 0 spiro atoms. The maximum Gasteiger partial charge on any atom is 0.0975 e. The van der Waals surface area contributed by atoms with Gasteiger partial charge in [0.05, 0.1) is 18.5 Å². The fraction of sp³-hybridized carbons (Fsp3) is 0.375. The number of nitrogens with zero attached hydrogens (tertiary/aromatic N) is 2. The van der Waals surface area contributed by atoms with Crippen molar-refractivity contribution in [1.82, 2.24) is 9.55 Å². The van der Waals surface area contributed by atoms with Crippen molar-refractivity contribution in [3.05, 3.63) is 31.4 Å². The minimum atomic E-state index is -0.847. The quantitative estimate of drug-likeness (QED) is 0.651. The van der Waals surface area contributed by atoms with E-state index in [-0.39, 0.29) is 0 Å². The Labute approximate surface area is 66.0 Å². The summed E-state index contributed by atoms with van der Waals surface area (Å²) >= 11 is 0. The Morgan fingerprint density at radius 3 is 3.00 bits per heavy atom. The van der Waals surface area contributed by atoms with Crippen molar-refractivity contribution in [2.24, 2.45) is 0 Å². The third kappa shape index (κ3) is 2.20. The highest BCUT2D eigenvalue weighted by molar-refractivity contribution is 4.93. The zero-order valence-corrected chi connectivity index (χ0v) is 6.57. The van der Waals surface area contributed by atoms with Crippen LogP contribution in [0.15, 0.2) is 31.4 Å². The van der Waals surface area contributed by atoms with E-state index in [9.17, 15) is 5.11 Å². The first-order valence-corrected chi connectivity index (χ1v) is 3.46. The summed E-state index contributed by atoms with van der Waals surface area (Å²) in [7, 11) is 0. The topological polar surface area (TPSA) is 38.0 Å². The summed E-state index contributed by atoms with van der Waals surface area (Å²) in [6.07, 6.45) is 6.67. The minimum absolute atomic E-state index is 0.497. The van der Waals surface area contributed by atoms with Gasteiger partial charge in [-0.25, -0.2) is 4.98 Å². The molecule has 0 bridgehead atoms. The number of hydrogen-bond donors (Lipinski definition) is 1. The zero-order valence-electron chi connectivity index (χ0n) is 6.57. The van der Waals surface area contributed by atoms with Crippen LogP contribution in [0.4, 0.5) is 0 Å². The molecule has 1 atom stereocenters. The molecule has 1 aromatic rings. The summed E-state index contributed by atoms with van der Waals surface area (Å²) in [5.41, 5.74) is -0.847. The highest BCUT2D eigenvalue weighted by atomic mass is 16.3. The van der Waals surface area contributed by atoms with Gasteiger partial charge in [0.25, 0.3) is 0 Å². The Balaban J connectivity index is 2.63. The van der Waals surface area contributed by atoms with Crippen LogP contribution < -0.4 is 0 Å². The van der Waals surface area contributed by atoms with Gasteiger partial charge in [0.15, 0.2) is 0 Å². The molecule has 0 aliphatic rings. The van der Waals surface area contributed by atoms with Gasteiger partial charge < -0.3 is 9.67 Å². The van der Waals surface area contributed by atoms with Crippen molar-refractivity contribution in [3.8, 4) is 0 Å². The van der Waals surface area contributed by atoms with E-state index in [1.807, 2.05) is 4.57 Å². The van der Waals surface area contributed by atoms with Gasteiger partial charge >= 0.3 is 0 Å². The van der Waals surface area contributed by atoms with Gasteiger partial charge in [-0.15, -0.1) is 6.58 Å². The van der Waals surface area contributed by atoms with Crippen molar-refractivity contribution in [1.29, 1.82) is 0 Å². The van der Waals surface area contributed by atoms with Crippen molar-refractivity contribution in [3.63, 3.8) is 0 Å². The molecule has 0 saturated heterocycles. The summed E-state index contributed by atoms with van der Waals surface area (Å²) < 4.78 is 1.81. The van der Waals surface area contributed by atoms with Crippen molar-refractivity contribution in [2.75, 3.05) is 0 Å². The highest BCUT2D eigenvalue weighted by Crippen LogP contribution is 2.07. The Kier molecular flexibility index (Phi) is 2.10. The monoisotopic (exact) mass is 152 g/mol. The molecule has 0 aliphatic carbocycles. The summed E-state index contributed by atoms with van der Waals surface area (Å²) in [6.45, 7) is 5.73. The van der Waals surface area contributed by atoms with Gasteiger partial charge in [-0.1, -0.05) is 6.08 Å². The van der Waals surface area contributed by atoms with Gasteiger partial charge in [0.2, 0.25) is 0 Å². The van der Waals surface area contributed by atoms with Crippen LogP contribution in [0.5, 0.6) is 0 Å². The van der Waals surface area contributed by atoms with E-state index >= 15 is 0 Å². The fourth-order valence-corrected chi connectivity index (χ4v) is 0.814.